The fraction of sp³-hybridized carbons (Fsp3) is 0.381. The molecule has 0 aliphatic heterocycles. The van der Waals surface area contributed by atoms with Gasteiger partial charge in [0, 0.05) is 13.5 Å². The number of carboxylic acid groups (broad SMARTS) is 1. The van der Waals surface area contributed by atoms with Gasteiger partial charge in [0.15, 0.2) is 12.2 Å². The Morgan fingerprint density at radius 2 is 1.63 bits per heavy atom. The molecule has 0 bridgehead atoms. The number of carboxylic acids is 1. The van der Waals surface area contributed by atoms with Gasteiger partial charge in [-0.1, -0.05) is 12.1 Å². The second kappa shape index (κ2) is 9.55. The maximum atomic E-state index is 12.5. The number of rotatable bonds is 10. The van der Waals surface area contributed by atoms with E-state index in [1.165, 1.54) is 27.5 Å². The molecular formula is C21H23NO8. The fourth-order valence-electron chi connectivity index (χ4n) is 2.87. The van der Waals surface area contributed by atoms with Crippen molar-refractivity contribution in [2.45, 2.75) is 30.8 Å². The molecule has 1 aliphatic rings. The number of esters is 1. The summed E-state index contributed by atoms with van der Waals surface area (Å²) in [6, 6.07) is 9.83. The lowest BCUT2D eigenvalue weighted by Crippen LogP contribution is -2.22. The zero-order chi connectivity index (χ0) is 21.7. The van der Waals surface area contributed by atoms with E-state index in [1.807, 2.05) is 0 Å². The smallest absolute Gasteiger partial charge is 0.341 e. The molecule has 9 heteroatoms. The zero-order valence-corrected chi connectivity index (χ0v) is 16.8. The Balaban J connectivity index is 1.59. The standard InChI is InChI=1S/C21H23NO8/c1-26-13-6-4-12(5-7-13)18(20(23)24)29-16-10-17(16)30-21(25)19(28-3)15-9-8-14(27-2)11-22-15/h4-9,11,16-19H,10H2,1-3H3,(H,23,24)/t16?,17?,18-,19-/m0/s1. The number of benzene rings is 1. The molecule has 1 N–H and O–H groups in total. The molecule has 1 aliphatic carbocycles. The van der Waals surface area contributed by atoms with E-state index >= 15 is 0 Å². The second-order valence-electron chi connectivity index (χ2n) is 6.62. The minimum atomic E-state index is -1.17. The van der Waals surface area contributed by atoms with Crippen molar-refractivity contribution in [1.82, 2.24) is 4.98 Å². The van der Waals surface area contributed by atoms with E-state index in [-0.39, 0.29) is 0 Å². The summed E-state index contributed by atoms with van der Waals surface area (Å²) in [6.07, 6.45) is -1.37. The first-order valence-electron chi connectivity index (χ1n) is 9.22. The minimum Gasteiger partial charge on any atom is -0.497 e. The van der Waals surface area contributed by atoms with Gasteiger partial charge in [-0.2, -0.15) is 0 Å². The number of aliphatic carboxylic acids is 1. The van der Waals surface area contributed by atoms with Gasteiger partial charge in [0.2, 0.25) is 0 Å². The number of nitrogens with zero attached hydrogens (tertiary/aromatic N) is 1. The molecule has 1 aromatic carbocycles. The summed E-state index contributed by atoms with van der Waals surface area (Å²) in [5.74, 6) is -0.591. The Morgan fingerprint density at radius 3 is 2.17 bits per heavy atom. The van der Waals surface area contributed by atoms with Crippen molar-refractivity contribution < 1.29 is 38.4 Å². The summed E-state index contributed by atoms with van der Waals surface area (Å²) in [4.78, 5) is 28.3. The SMILES string of the molecule is COc1ccc([C@H](OC2CC2OC(=O)[C@@H](OC)c2ccc(OC)cn2)C(=O)O)cc1. The predicted octanol–water partition coefficient (Wildman–Crippen LogP) is 2.31. The average Bonchev–Trinajstić information content (AvgIpc) is 3.50. The molecule has 9 nitrogen and oxygen atoms in total. The molecule has 1 heterocycles. The maximum absolute atomic E-state index is 12.5. The number of carbonyl (C=O) groups excluding carboxylic acids is 1. The molecule has 4 atom stereocenters. The van der Waals surface area contributed by atoms with Crippen LogP contribution in [0.5, 0.6) is 11.5 Å². The average molecular weight is 417 g/mol. The summed E-state index contributed by atoms with van der Waals surface area (Å²) >= 11 is 0. The highest BCUT2D eigenvalue weighted by atomic mass is 16.6. The number of hydrogen-bond donors (Lipinski definition) is 1. The molecule has 2 unspecified atom stereocenters. The van der Waals surface area contributed by atoms with Gasteiger partial charge in [-0.25, -0.2) is 9.59 Å². The number of ether oxygens (including phenoxy) is 5. The molecule has 160 valence electrons. The fourth-order valence-corrected chi connectivity index (χ4v) is 2.87. The Labute approximate surface area is 173 Å². The molecular weight excluding hydrogens is 394 g/mol. The van der Waals surface area contributed by atoms with Gasteiger partial charge in [0.25, 0.3) is 0 Å². The predicted molar refractivity (Wildman–Crippen MR) is 103 cm³/mol. The van der Waals surface area contributed by atoms with Crippen LogP contribution in [0.4, 0.5) is 0 Å². The normalized spacial score (nSPS) is 19.4. The third-order valence-corrected chi connectivity index (χ3v) is 4.61. The summed E-state index contributed by atoms with van der Waals surface area (Å²) in [6.45, 7) is 0. The van der Waals surface area contributed by atoms with E-state index in [2.05, 4.69) is 4.98 Å². The van der Waals surface area contributed by atoms with Crippen LogP contribution in [0, 0.1) is 0 Å². The molecule has 30 heavy (non-hydrogen) atoms. The van der Waals surface area contributed by atoms with Gasteiger partial charge in [-0.3, -0.25) is 4.98 Å². The van der Waals surface area contributed by atoms with Crippen LogP contribution in [0.15, 0.2) is 42.6 Å². The van der Waals surface area contributed by atoms with Crippen molar-refractivity contribution in [3.8, 4) is 11.5 Å². The van der Waals surface area contributed by atoms with Crippen molar-refractivity contribution >= 4 is 11.9 Å². The number of pyridine rings is 1. The molecule has 1 saturated carbocycles. The van der Waals surface area contributed by atoms with Crippen LogP contribution in [0.2, 0.25) is 0 Å². The summed E-state index contributed by atoms with van der Waals surface area (Å²) in [5, 5.41) is 9.51. The molecule has 0 spiro atoms. The van der Waals surface area contributed by atoms with Crippen LogP contribution in [0.25, 0.3) is 0 Å². The molecule has 0 amide bonds. The Kier molecular flexibility index (Phi) is 6.86. The van der Waals surface area contributed by atoms with Crippen LogP contribution < -0.4 is 9.47 Å². The minimum absolute atomic E-state index is 0.378. The van der Waals surface area contributed by atoms with Crippen molar-refractivity contribution in [3.63, 3.8) is 0 Å². The van der Waals surface area contributed by atoms with E-state index in [0.29, 0.717) is 29.2 Å². The number of hydrogen-bond acceptors (Lipinski definition) is 8. The monoisotopic (exact) mass is 417 g/mol. The van der Waals surface area contributed by atoms with Crippen molar-refractivity contribution in [2.24, 2.45) is 0 Å². The van der Waals surface area contributed by atoms with Crippen LogP contribution >= 0.6 is 0 Å². The summed E-state index contributed by atoms with van der Waals surface area (Å²) in [5.41, 5.74) is 0.848. The number of methoxy groups -OCH3 is 3. The largest absolute Gasteiger partial charge is 0.497 e. The molecule has 1 aromatic heterocycles. The molecule has 0 saturated heterocycles. The Hall–Kier alpha value is -3.17. The van der Waals surface area contributed by atoms with Gasteiger partial charge in [-0.05, 0) is 29.8 Å². The van der Waals surface area contributed by atoms with E-state index in [9.17, 15) is 14.7 Å². The lowest BCUT2D eigenvalue weighted by atomic mass is 10.1. The molecule has 2 aromatic rings. The third kappa shape index (κ3) is 5.05. The molecule has 1 fully saturated rings. The third-order valence-electron chi connectivity index (χ3n) is 4.61. The van der Waals surface area contributed by atoms with Crippen molar-refractivity contribution in [3.05, 3.63) is 53.9 Å². The van der Waals surface area contributed by atoms with Crippen LogP contribution in [-0.2, 0) is 23.8 Å². The van der Waals surface area contributed by atoms with E-state index in [4.69, 9.17) is 23.7 Å². The van der Waals surface area contributed by atoms with E-state index in [1.54, 1.807) is 36.4 Å². The first-order valence-corrected chi connectivity index (χ1v) is 9.22. The van der Waals surface area contributed by atoms with Gasteiger partial charge in [0.05, 0.1) is 32.2 Å². The second-order valence-corrected chi connectivity index (χ2v) is 6.62. The lowest BCUT2D eigenvalue weighted by Gasteiger charge is -2.16. The molecule has 3 rings (SSSR count). The topological polar surface area (TPSA) is 113 Å². The van der Waals surface area contributed by atoms with Crippen molar-refractivity contribution in [2.75, 3.05) is 21.3 Å². The number of carbonyl (C=O) groups is 2. The quantitative estimate of drug-likeness (QED) is 0.582. The highest BCUT2D eigenvalue weighted by molar-refractivity contribution is 5.76. The van der Waals surface area contributed by atoms with Crippen LogP contribution in [0.3, 0.4) is 0 Å². The zero-order valence-electron chi connectivity index (χ0n) is 16.8. The van der Waals surface area contributed by atoms with Crippen LogP contribution in [0.1, 0.15) is 29.9 Å². The Morgan fingerprint density at radius 1 is 0.967 bits per heavy atom. The summed E-state index contributed by atoms with van der Waals surface area (Å²) < 4.78 is 26.4. The van der Waals surface area contributed by atoms with Gasteiger partial charge in [-0.15, -0.1) is 0 Å². The first kappa shape index (κ1) is 21.5. The highest BCUT2D eigenvalue weighted by Crippen LogP contribution is 2.36. The number of aromatic nitrogens is 1. The summed E-state index contributed by atoms with van der Waals surface area (Å²) in [7, 11) is 4.42. The lowest BCUT2D eigenvalue weighted by molar-refractivity contribution is -0.161. The maximum Gasteiger partial charge on any atom is 0.341 e. The van der Waals surface area contributed by atoms with Gasteiger partial charge < -0.3 is 28.8 Å². The van der Waals surface area contributed by atoms with E-state index in [0.717, 1.165) is 0 Å². The first-order chi connectivity index (χ1) is 14.5. The van der Waals surface area contributed by atoms with Crippen molar-refractivity contribution in [1.29, 1.82) is 0 Å². The Bertz CT molecular complexity index is 868. The van der Waals surface area contributed by atoms with Gasteiger partial charge in [0.1, 0.15) is 17.6 Å². The van der Waals surface area contributed by atoms with E-state index < -0.39 is 36.4 Å². The highest BCUT2D eigenvalue weighted by Gasteiger charge is 2.46. The van der Waals surface area contributed by atoms with Gasteiger partial charge >= 0.3 is 11.9 Å². The van der Waals surface area contributed by atoms with Crippen LogP contribution in [-0.4, -0.2) is 55.6 Å². The molecule has 0 radical (unpaired) electrons.